The summed E-state index contributed by atoms with van der Waals surface area (Å²) in [5.74, 6) is -2.06. The van der Waals surface area contributed by atoms with Crippen molar-refractivity contribution in [3.8, 4) is 0 Å². The smallest absolute Gasteiger partial charge is 0.151 e. The summed E-state index contributed by atoms with van der Waals surface area (Å²) >= 11 is 3.02. The number of nitrogen functional groups attached to an aromatic ring is 1. The third-order valence-corrected chi connectivity index (χ3v) is 3.20. The SMILES string of the molecule is Cc1cc(F)c(Br)cc1Nc1c(F)cc(N)cc1F. The second-order valence-electron chi connectivity index (χ2n) is 4.07. The lowest BCUT2D eigenvalue weighted by Gasteiger charge is -2.12. The third kappa shape index (κ3) is 2.84. The van der Waals surface area contributed by atoms with Gasteiger partial charge in [-0.15, -0.1) is 0 Å². The number of halogens is 4. The molecular formula is C13H10BrF3N2. The number of nitrogens with two attached hydrogens (primary N) is 1. The lowest BCUT2D eigenvalue weighted by molar-refractivity contribution is 0.592. The van der Waals surface area contributed by atoms with Crippen LogP contribution < -0.4 is 11.1 Å². The summed E-state index contributed by atoms with van der Waals surface area (Å²) in [7, 11) is 0. The average Bonchev–Trinajstić information content (AvgIpc) is 2.29. The first-order valence-electron chi connectivity index (χ1n) is 5.35. The van der Waals surface area contributed by atoms with Crippen molar-refractivity contribution in [2.24, 2.45) is 0 Å². The molecule has 0 amide bonds. The molecule has 0 saturated heterocycles. The molecule has 0 bridgehead atoms. The molecule has 0 fully saturated rings. The van der Waals surface area contributed by atoms with Gasteiger partial charge >= 0.3 is 0 Å². The van der Waals surface area contributed by atoms with E-state index in [-0.39, 0.29) is 15.8 Å². The molecule has 0 aliphatic heterocycles. The average molecular weight is 331 g/mol. The van der Waals surface area contributed by atoms with Crippen LogP contribution in [0.1, 0.15) is 5.56 Å². The van der Waals surface area contributed by atoms with E-state index in [9.17, 15) is 13.2 Å². The highest BCUT2D eigenvalue weighted by Gasteiger charge is 2.13. The molecule has 100 valence electrons. The van der Waals surface area contributed by atoms with Crippen LogP contribution in [0.2, 0.25) is 0 Å². The van der Waals surface area contributed by atoms with Crippen molar-refractivity contribution < 1.29 is 13.2 Å². The highest BCUT2D eigenvalue weighted by molar-refractivity contribution is 9.10. The molecule has 0 aliphatic rings. The van der Waals surface area contributed by atoms with Crippen LogP contribution in [-0.2, 0) is 0 Å². The van der Waals surface area contributed by atoms with Gasteiger partial charge in [-0.25, -0.2) is 13.2 Å². The van der Waals surface area contributed by atoms with E-state index in [0.29, 0.717) is 11.3 Å². The maximum absolute atomic E-state index is 13.6. The van der Waals surface area contributed by atoms with Crippen molar-refractivity contribution in [2.45, 2.75) is 6.92 Å². The third-order valence-electron chi connectivity index (χ3n) is 2.59. The Morgan fingerprint density at radius 2 is 1.58 bits per heavy atom. The number of benzene rings is 2. The van der Waals surface area contributed by atoms with Gasteiger partial charge in [-0.3, -0.25) is 0 Å². The van der Waals surface area contributed by atoms with E-state index in [2.05, 4.69) is 21.2 Å². The summed E-state index contributed by atoms with van der Waals surface area (Å²) in [5.41, 5.74) is 5.93. The van der Waals surface area contributed by atoms with Crippen LogP contribution in [-0.4, -0.2) is 0 Å². The van der Waals surface area contributed by atoms with Crippen molar-refractivity contribution in [1.82, 2.24) is 0 Å². The van der Waals surface area contributed by atoms with E-state index in [4.69, 9.17) is 5.73 Å². The molecule has 3 N–H and O–H groups in total. The Kier molecular flexibility index (Phi) is 3.71. The molecule has 2 nitrogen and oxygen atoms in total. The van der Waals surface area contributed by atoms with Crippen LogP contribution in [0, 0.1) is 24.4 Å². The van der Waals surface area contributed by atoms with Crippen molar-refractivity contribution in [2.75, 3.05) is 11.1 Å². The van der Waals surface area contributed by atoms with E-state index in [1.807, 2.05) is 0 Å². The van der Waals surface area contributed by atoms with Gasteiger partial charge < -0.3 is 11.1 Å². The molecule has 2 aromatic carbocycles. The van der Waals surface area contributed by atoms with Crippen LogP contribution in [0.15, 0.2) is 28.7 Å². The number of rotatable bonds is 2. The second kappa shape index (κ2) is 5.13. The van der Waals surface area contributed by atoms with Crippen molar-refractivity contribution in [3.05, 3.63) is 51.8 Å². The molecule has 0 aliphatic carbocycles. The number of hydrogen-bond acceptors (Lipinski definition) is 2. The highest BCUT2D eigenvalue weighted by Crippen LogP contribution is 2.30. The monoisotopic (exact) mass is 330 g/mol. The van der Waals surface area contributed by atoms with Gasteiger partial charge in [0.1, 0.15) is 11.5 Å². The summed E-state index contributed by atoms with van der Waals surface area (Å²) in [4.78, 5) is 0. The van der Waals surface area contributed by atoms with Gasteiger partial charge in [0.25, 0.3) is 0 Å². The van der Waals surface area contributed by atoms with Crippen LogP contribution in [0.25, 0.3) is 0 Å². The largest absolute Gasteiger partial charge is 0.399 e. The first kappa shape index (κ1) is 13.7. The number of nitrogens with one attached hydrogen (secondary N) is 1. The van der Waals surface area contributed by atoms with Gasteiger partial charge in [-0.05, 0) is 52.7 Å². The summed E-state index contributed by atoms with van der Waals surface area (Å²) in [5, 5.41) is 2.60. The lowest BCUT2D eigenvalue weighted by atomic mass is 10.1. The quantitative estimate of drug-likeness (QED) is 0.795. The van der Waals surface area contributed by atoms with Crippen LogP contribution in [0.5, 0.6) is 0 Å². The fourth-order valence-electron chi connectivity index (χ4n) is 1.63. The van der Waals surface area contributed by atoms with Gasteiger partial charge in [-0.2, -0.15) is 0 Å². The molecule has 2 rings (SSSR count). The van der Waals surface area contributed by atoms with E-state index < -0.39 is 17.5 Å². The molecule has 0 unspecified atom stereocenters. The normalized spacial score (nSPS) is 10.6. The van der Waals surface area contributed by atoms with Crippen LogP contribution in [0.4, 0.5) is 30.2 Å². The second-order valence-corrected chi connectivity index (χ2v) is 4.92. The zero-order chi connectivity index (χ0) is 14.2. The minimum atomic E-state index is -0.808. The molecule has 2 aromatic rings. The number of hydrogen-bond donors (Lipinski definition) is 2. The van der Waals surface area contributed by atoms with Gasteiger partial charge in [0.15, 0.2) is 11.6 Å². The zero-order valence-electron chi connectivity index (χ0n) is 9.90. The Labute approximate surface area is 116 Å². The maximum Gasteiger partial charge on any atom is 0.151 e. The molecule has 0 heterocycles. The van der Waals surface area contributed by atoms with Gasteiger partial charge in [0.05, 0.1) is 4.47 Å². The molecule has 0 radical (unpaired) electrons. The molecule has 0 saturated carbocycles. The Morgan fingerprint density at radius 1 is 1.00 bits per heavy atom. The van der Waals surface area contributed by atoms with Gasteiger partial charge in [0, 0.05) is 11.4 Å². The molecule has 6 heteroatoms. The lowest BCUT2D eigenvalue weighted by Crippen LogP contribution is -2.01. The predicted octanol–water partition coefficient (Wildman–Crippen LogP) is 4.50. The predicted molar refractivity (Wildman–Crippen MR) is 72.9 cm³/mol. The summed E-state index contributed by atoms with van der Waals surface area (Å²) in [6.07, 6.45) is 0. The molecule has 0 spiro atoms. The van der Waals surface area contributed by atoms with Crippen LogP contribution >= 0.6 is 15.9 Å². The topological polar surface area (TPSA) is 38.0 Å². The standard InChI is InChI=1S/C13H10BrF3N2/c1-6-2-9(15)8(14)5-12(6)19-13-10(16)3-7(18)4-11(13)17/h2-5,19H,18H2,1H3. The van der Waals surface area contributed by atoms with Gasteiger partial charge in [0.2, 0.25) is 0 Å². The maximum atomic E-state index is 13.6. The van der Waals surface area contributed by atoms with E-state index >= 15 is 0 Å². The number of anilines is 3. The first-order valence-corrected chi connectivity index (χ1v) is 6.15. The summed E-state index contributed by atoms with van der Waals surface area (Å²) < 4.78 is 40.8. The Hall–Kier alpha value is -1.69. The molecule has 0 aromatic heterocycles. The fourth-order valence-corrected chi connectivity index (χ4v) is 1.97. The van der Waals surface area contributed by atoms with Crippen molar-refractivity contribution >= 4 is 33.0 Å². The Balaban J connectivity index is 2.45. The van der Waals surface area contributed by atoms with Gasteiger partial charge in [-0.1, -0.05) is 0 Å². The molecule has 19 heavy (non-hydrogen) atoms. The van der Waals surface area contributed by atoms with E-state index in [1.165, 1.54) is 12.1 Å². The van der Waals surface area contributed by atoms with E-state index in [1.54, 1.807) is 6.92 Å². The van der Waals surface area contributed by atoms with Crippen molar-refractivity contribution in [1.29, 1.82) is 0 Å². The first-order chi connectivity index (χ1) is 8.88. The summed E-state index contributed by atoms with van der Waals surface area (Å²) in [6, 6.07) is 4.71. The fraction of sp³-hybridized carbons (Fsp3) is 0.0769. The molecular weight excluding hydrogens is 321 g/mol. The van der Waals surface area contributed by atoms with Crippen molar-refractivity contribution in [3.63, 3.8) is 0 Å². The highest BCUT2D eigenvalue weighted by atomic mass is 79.9. The minimum absolute atomic E-state index is 0.00226. The Morgan fingerprint density at radius 3 is 2.16 bits per heavy atom. The number of aryl methyl sites for hydroxylation is 1. The zero-order valence-corrected chi connectivity index (χ0v) is 11.5. The Bertz CT molecular complexity index is 621. The van der Waals surface area contributed by atoms with E-state index in [0.717, 1.165) is 12.1 Å². The summed E-state index contributed by atoms with van der Waals surface area (Å²) in [6.45, 7) is 1.63. The van der Waals surface area contributed by atoms with Crippen LogP contribution in [0.3, 0.4) is 0 Å². The minimum Gasteiger partial charge on any atom is -0.399 e. The molecule has 0 atom stereocenters.